The second-order valence-corrected chi connectivity index (χ2v) is 5.86. The van der Waals surface area contributed by atoms with E-state index >= 15 is 0 Å². The first-order chi connectivity index (χ1) is 11.7. The van der Waals surface area contributed by atoms with Gasteiger partial charge in [-0.05, 0) is 48.7 Å². The Morgan fingerprint density at radius 1 is 1.25 bits per heavy atom. The van der Waals surface area contributed by atoms with Crippen LogP contribution < -0.4 is 14.9 Å². The molecule has 1 aliphatic rings. The van der Waals surface area contributed by atoms with Gasteiger partial charge in [0.1, 0.15) is 0 Å². The third kappa shape index (κ3) is 4.06. The highest BCUT2D eigenvalue weighted by atomic mass is 35.5. The molecule has 0 saturated heterocycles. The summed E-state index contributed by atoms with van der Waals surface area (Å²) in [7, 11) is 1.53. The summed E-state index contributed by atoms with van der Waals surface area (Å²) < 4.78 is 10.7. The van der Waals surface area contributed by atoms with Gasteiger partial charge < -0.3 is 9.47 Å². The van der Waals surface area contributed by atoms with Crippen molar-refractivity contribution in [2.24, 2.45) is 11.0 Å². The number of anilines is 1. The van der Waals surface area contributed by atoms with Gasteiger partial charge in [-0.25, -0.2) is 0 Å². The topological polar surface area (TPSA) is 59.9 Å². The molecular formula is C18H17ClN2O3. The molecule has 0 aliphatic heterocycles. The normalized spacial score (nSPS) is 13.8. The predicted octanol–water partition coefficient (Wildman–Crippen LogP) is 4.11. The van der Waals surface area contributed by atoms with Gasteiger partial charge in [0, 0.05) is 0 Å². The first kappa shape index (κ1) is 16.3. The highest BCUT2D eigenvalue weighted by molar-refractivity contribution is 6.33. The lowest BCUT2D eigenvalue weighted by atomic mass is 10.2. The van der Waals surface area contributed by atoms with Crippen molar-refractivity contribution in [2.45, 2.75) is 12.8 Å². The van der Waals surface area contributed by atoms with E-state index in [1.54, 1.807) is 30.5 Å². The number of carbonyl (C=O) groups is 1. The molecule has 0 radical (unpaired) electrons. The Labute approximate surface area is 145 Å². The molecule has 1 aliphatic carbocycles. The highest BCUT2D eigenvalue weighted by Crippen LogP contribution is 2.34. The molecule has 24 heavy (non-hydrogen) atoms. The number of halogens is 1. The maximum atomic E-state index is 11.8. The summed E-state index contributed by atoms with van der Waals surface area (Å²) in [5.41, 5.74) is 4.40. The van der Waals surface area contributed by atoms with Gasteiger partial charge in [0.25, 0.3) is 0 Å². The number of hydrazone groups is 1. The molecule has 5 nitrogen and oxygen atoms in total. The zero-order valence-corrected chi connectivity index (χ0v) is 13.9. The zero-order chi connectivity index (χ0) is 16.9. The summed E-state index contributed by atoms with van der Waals surface area (Å²) in [5, 5.41) is 4.75. The lowest BCUT2D eigenvalue weighted by Crippen LogP contribution is -2.10. The monoisotopic (exact) mass is 344 g/mol. The molecule has 1 N–H and O–H groups in total. The quantitative estimate of drug-likeness (QED) is 0.371. The number of methoxy groups -OCH3 is 1. The van der Waals surface area contributed by atoms with Crippen molar-refractivity contribution in [2.75, 3.05) is 12.5 Å². The molecule has 124 valence electrons. The summed E-state index contributed by atoms with van der Waals surface area (Å²) in [6.45, 7) is 0. The van der Waals surface area contributed by atoms with Crippen LogP contribution in [0.4, 0.5) is 5.69 Å². The van der Waals surface area contributed by atoms with E-state index < -0.39 is 0 Å². The maximum absolute atomic E-state index is 11.8. The third-order valence-corrected chi connectivity index (χ3v) is 3.91. The van der Waals surface area contributed by atoms with Gasteiger partial charge in [-0.15, -0.1) is 0 Å². The average Bonchev–Trinajstić information content (AvgIpc) is 3.43. The minimum Gasteiger partial charge on any atom is -0.493 e. The Balaban J connectivity index is 1.68. The molecule has 3 rings (SSSR count). The standard InChI is InChI=1S/C18H17ClN2O3/c1-23-17-10-12(6-9-16(17)24-18(22)13-7-8-13)11-20-21-15-5-3-2-4-14(15)19/h2-6,9-11,13,21H,7-8H2,1H3/b20-11-. The Morgan fingerprint density at radius 2 is 2.04 bits per heavy atom. The molecule has 2 aromatic rings. The maximum Gasteiger partial charge on any atom is 0.314 e. The van der Waals surface area contributed by atoms with Crippen LogP contribution in [0.5, 0.6) is 11.5 Å². The third-order valence-electron chi connectivity index (χ3n) is 3.58. The first-order valence-corrected chi connectivity index (χ1v) is 7.98. The molecule has 0 aromatic heterocycles. The van der Waals surface area contributed by atoms with Gasteiger partial charge in [0.2, 0.25) is 0 Å². The summed E-state index contributed by atoms with van der Waals surface area (Å²) in [6.07, 6.45) is 3.44. The number of carbonyl (C=O) groups excluding carboxylic acids is 1. The molecule has 1 fully saturated rings. The number of esters is 1. The van der Waals surface area contributed by atoms with E-state index in [4.69, 9.17) is 21.1 Å². The lowest BCUT2D eigenvalue weighted by molar-refractivity contribution is -0.135. The van der Waals surface area contributed by atoms with E-state index in [0.717, 1.165) is 24.1 Å². The SMILES string of the molecule is COc1cc(/C=N\Nc2ccccc2Cl)ccc1OC(=O)C1CC1. The molecule has 2 aromatic carbocycles. The second kappa shape index (κ2) is 7.36. The smallest absolute Gasteiger partial charge is 0.314 e. The molecular weight excluding hydrogens is 328 g/mol. The minimum atomic E-state index is -0.199. The van der Waals surface area contributed by atoms with Crippen LogP contribution in [-0.4, -0.2) is 19.3 Å². The van der Waals surface area contributed by atoms with Crippen molar-refractivity contribution in [3.63, 3.8) is 0 Å². The number of rotatable bonds is 6. The van der Waals surface area contributed by atoms with E-state index in [1.165, 1.54) is 7.11 Å². The Morgan fingerprint density at radius 3 is 2.75 bits per heavy atom. The summed E-state index contributed by atoms with van der Waals surface area (Å²) in [6, 6.07) is 12.6. The fourth-order valence-corrected chi connectivity index (χ4v) is 2.27. The van der Waals surface area contributed by atoms with E-state index in [-0.39, 0.29) is 11.9 Å². The fraction of sp³-hybridized carbons (Fsp3) is 0.222. The van der Waals surface area contributed by atoms with Crippen molar-refractivity contribution in [1.82, 2.24) is 0 Å². The van der Waals surface area contributed by atoms with E-state index in [1.807, 2.05) is 18.2 Å². The minimum absolute atomic E-state index is 0.0377. The number of benzene rings is 2. The molecule has 6 heteroatoms. The average molecular weight is 345 g/mol. The van der Waals surface area contributed by atoms with Crippen molar-refractivity contribution in [1.29, 1.82) is 0 Å². The predicted molar refractivity (Wildman–Crippen MR) is 94.0 cm³/mol. The van der Waals surface area contributed by atoms with Crippen LogP contribution in [-0.2, 0) is 4.79 Å². The molecule has 0 atom stereocenters. The van der Waals surface area contributed by atoms with Crippen LogP contribution in [0.2, 0.25) is 5.02 Å². The van der Waals surface area contributed by atoms with Crippen molar-refractivity contribution >= 4 is 29.5 Å². The Kier molecular flexibility index (Phi) is 5.01. The Bertz CT molecular complexity index is 773. The van der Waals surface area contributed by atoms with Gasteiger partial charge in [-0.2, -0.15) is 5.10 Å². The number of hydrogen-bond acceptors (Lipinski definition) is 5. The number of para-hydroxylation sites is 1. The second-order valence-electron chi connectivity index (χ2n) is 5.46. The van der Waals surface area contributed by atoms with Gasteiger partial charge >= 0.3 is 5.97 Å². The van der Waals surface area contributed by atoms with Crippen LogP contribution in [0.25, 0.3) is 0 Å². The molecule has 0 bridgehead atoms. The largest absolute Gasteiger partial charge is 0.493 e. The lowest BCUT2D eigenvalue weighted by Gasteiger charge is -2.09. The molecule has 1 saturated carbocycles. The summed E-state index contributed by atoms with van der Waals surface area (Å²) >= 11 is 6.05. The van der Waals surface area contributed by atoms with E-state index in [9.17, 15) is 4.79 Å². The summed E-state index contributed by atoms with van der Waals surface area (Å²) in [4.78, 5) is 11.8. The van der Waals surface area contributed by atoms with Crippen LogP contribution in [0.3, 0.4) is 0 Å². The summed E-state index contributed by atoms with van der Waals surface area (Å²) in [5.74, 6) is 0.752. The van der Waals surface area contributed by atoms with Crippen LogP contribution >= 0.6 is 11.6 Å². The van der Waals surface area contributed by atoms with Crippen LogP contribution in [0.15, 0.2) is 47.6 Å². The molecule has 0 unspecified atom stereocenters. The first-order valence-electron chi connectivity index (χ1n) is 7.60. The van der Waals surface area contributed by atoms with Crippen molar-refractivity contribution < 1.29 is 14.3 Å². The van der Waals surface area contributed by atoms with Gasteiger partial charge in [0.15, 0.2) is 11.5 Å². The molecule has 0 amide bonds. The van der Waals surface area contributed by atoms with E-state index in [2.05, 4.69) is 10.5 Å². The number of nitrogens with zero attached hydrogens (tertiary/aromatic N) is 1. The van der Waals surface area contributed by atoms with Gasteiger partial charge in [0.05, 0.1) is 30.0 Å². The Hall–Kier alpha value is -2.53. The fourth-order valence-electron chi connectivity index (χ4n) is 2.09. The van der Waals surface area contributed by atoms with Crippen LogP contribution in [0.1, 0.15) is 18.4 Å². The van der Waals surface area contributed by atoms with Crippen molar-refractivity contribution in [3.05, 3.63) is 53.1 Å². The number of hydrogen-bond donors (Lipinski definition) is 1. The molecule has 0 heterocycles. The van der Waals surface area contributed by atoms with E-state index in [0.29, 0.717) is 16.5 Å². The molecule has 0 spiro atoms. The van der Waals surface area contributed by atoms with Crippen LogP contribution in [0, 0.1) is 5.92 Å². The number of ether oxygens (including phenoxy) is 2. The van der Waals surface area contributed by atoms with Crippen molar-refractivity contribution in [3.8, 4) is 11.5 Å². The zero-order valence-electron chi connectivity index (χ0n) is 13.2. The van der Waals surface area contributed by atoms with Gasteiger partial charge in [-0.1, -0.05) is 23.7 Å². The number of nitrogens with one attached hydrogen (secondary N) is 1. The highest BCUT2D eigenvalue weighted by Gasteiger charge is 2.32. The van der Waals surface area contributed by atoms with Gasteiger partial charge in [-0.3, -0.25) is 10.2 Å².